The first-order valence-electron chi connectivity index (χ1n) is 6.82. The Hall–Kier alpha value is -1.89. The van der Waals surface area contributed by atoms with Crippen LogP contribution < -0.4 is 4.90 Å². The number of benzene rings is 1. The molecule has 0 radical (unpaired) electrons. The molecule has 1 aliphatic heterocycles. The summed E-state index contributed by atoms with van der Waals surface area (Å²) >= 11 is 3.30. The zero-order valence-corrected chi connectivity index (χ0v) is 13.9. The SMILES string of the molecule is CCOC(=O)c1cc(Br)ccc1N1CC(C(=O)OC)CC1=O. The highest BCUT2D eigenvalue weighted by Crippen LogP contribution is 2.31. The van der Waals surface area contributed by atoms with Crippen molar-refractivity contribution in [2.75, 3.05) is 25.2 Å². The Labute approximate surface area is 136 Å². The second-order valence-corrected chi connectivity index (χ2v) is 5.73. The first kappa shape index (κ1) is 16.5. The summed E-state index contributed by atoms with van der Waals surface area (Å²) in [7, 11) is 1.29. The highest BCUT2D eigenvalue weighted by atomic mass is 79.9. The Morgan fingerprint density at radius 1 is 1.41 bits per heavy atom. The first-order valence-corrected chi connectivity index (χ1v) is 7.62. The van der Waals surface area contributed by atoms with Crippen molar-refractivity contribution < 1.29 is 23.9 Å². The van der Waals surface area contributed by atoms with E-state index in [1.54, 1.807) is 25.1 Å². The van der Waals surface area contributed by atoms with Gasteiger partial charge in [-0.25, -0.2) is 4.79 Å². The molecular formula is C15H16BrNO5. The molecule has 6 nitrogen and oxygen atoms in total. The molecule has 1 aromatic rings. The number of anilines is 1. The number of methoxy groups -OCH3 is 1. The number of ether oxygens (including phenoxy) is 2. The third kappa shape index (κ3) is 3.30. The average Bonchev–Trinajstić information content (AvgIpc) is 2.88. The molecule has 1 fully saturated rings. The molecule has 22 heavy (non-hydrogen) atoms. The molecule has 0 aliphatic carbocycles. The summed E-state index contributed by atoms with van der Waals surface area (Å²) < 4.78 is 10.4. The second kappa shape index (κ2) is 6.91. The topological polar surface area (TPSA) is 72.9 Å². The smallest absolute Gasteiger partial charge is 0.340 e. The fraction of sp³-hybridized carbons (Fsp3) is 0.400. The Bertz CT molecular complexity index is 616. The normalized spacial score (nSPS) is 17.5. The van der Waals surface area contributed by atoms with E-state index >= 15 is 0 Å². The lowest BCUT2D eigenvalue weighted by Crippen LogP contribution is -2.28. The van der Waals surface area contributed by atoms with Crippen LogP contribution in [0.5, 0.6) is 0 Å². The number of carbonyl (C=O) groups is 3. The molecule has 1 unspecified atom stereocenters. The van der Waals surface area contributed by atoms with Gasteiger partial charge in [0, 0.05) is 17.4 Å². The van der Waals surface area contributed by atoms with E-state index < -0.39 is 17.9 Å². The number of hydrogen-bond donors (Lipinski definition) is 0. The van der Waals surface area contributed by atoms with Gasteiger partial charge in [0.15, 0.2) is 0 Å². The van der Waals surface area contributed by atoms with Crippen molar-refractivity contribution in [3.8, 4) is 0 Å². The molecule has 2 rings (SSSR count). The van der Waals surface area contributed by atoms with Crippen LogP contribution in [0.1, 0.15) is 23.7 Å². The number of esters is 2. The standard InChI is InChI=1S/C15H16BrNO5/c1-3-22-15(20)11-7-10(16)4-5-12(11)17-8-9(6-13(17)18)14(19)21-2/h4-5,7,9H,3,6,8H2,1-2H3. The molecule has 0 N–H and O–H groups in total. The van der Waals surface area contributed by atoms with E-state index in [9.17, 15) is 14.4 Å². The lowest BCUT2D eigenvalue weighted by molar-refractivity contribution is -0.145. The minimum atomic E-state index is -0.517. The summed E-state index contributed by atoms with van der Waals surface area (Å²) in [5.41, 5.74) is 0.730. The maximum atomic E-state index is 12.2. The molecule has 1 aliphatic rings. The molecule has 0 saturated carbocycles. The van der Waals surface area contributed by atoms with Crippen LogP contribution in [0.4, 0.5) is 5.69 Å². The monoisotopic (exact) mass is 369 g/mol. The van der Waals surface area contributed by atoms with Gasteiger partial charge in [0.05, 0.1) is 30.9 Å². The lowest BCUT2D eigenvalue weighted by atomic mass is 10.1. The number of nitrogens with zero attached hydrogens (tertiary/aromatic N) is 1. The third-order valence-corrected chi connectivity index (χ3v) is 3.90. The molecule has 1 aromatic carbocycles. The van der Waals surface area contributed by atoms with Crippen LogP contribution in [-0.4, -0.2) is 38.1 Å². The maximum Gasteiger partial charge on any atom is 0.340 e. The molecule has 0 spiro atoms. The molecule has 0 aromatic heterocycles. The van der Waals surface area contributed by atoms with E-state index in [1.165, 1.54) is 12.0 Å². The van der Waals surface area contributed by atoms with Crippen LogP contribution in [0.2, 0.25) is 0 Å². The quantitative estimate of drug-likeness (QED) is 0.760. The van der Waals surface area contributed by atoms with Crippen molar-refractivity contribution in [1.82, 2.24) is 0 Å². The van der Waals surface area contributed by atoms with Gasteiger partial charge in [-0.3, -0.25) is 9.59 Å². The highest BCUT2D eigenvalue weighted by Gasteiger charge is 2.37. The molecular weight excluding hydrogens is 354 g/mol. The fourth-order valence-electron chi connectivity index (χ4n) is 2.38. The van der Waals surface area contributed by atoms with Gasteiger partial charge in [0.1, 0.15) is 0 Å². The summed E-state index contributed by atoms with van der Waals surface area (Å²) in [4.78, 5) is 37.3. The van der Waals surface area contributed by atoms with E-state index in [0.717, 1.165) is 0 Å². The zero-order valence-electron chi connectivity index (χ0n) is 12.3. The van der Waals surface area contributed by atoms with Crippen LogP contribution in [0, 0.1) is 5.92 Å². The average molecular weight is 370 g/mol. The van der Waals surface area contributed by atoms with E-state index in [-0.39, 0.29) is 31.0 Å². The van der Waals surface area contributed by atoms with Gasteiger partial charge in [-0.05, 0) is 25.1 Å². The zero-order chi connectivity index (χ0) is 16.3. The fourth-order valence-corrected chi connectivity index (χ4v) is 2.74. The molecule has 1 saturated heterocycles. The maximum absolute atomic E-state index is 12.2. The van der Waals surface area contributed by atoms with Gasteiger partial charge in [-0.1, -0.05) is 15.9 Å². The third-order valence-electron chi connectivity index (χ3n) is 3.40. The van der Waals surface area contributed by atoms with Crippen molar-refractivity contribution >= 4 is 39.5 Å². The largest absolute Gasteiger partial charge is 0.469 e. The minimum absolute atomic E-state index is 0.0744. The molecule has 118 valence electrons. The predicted octanol–water partition coefficient (Wildman–Crippen LogP) is 2.15. The van der Waals surface area contributed by atoms with Crippen molar-refractivity contribution in [2.45, 2.75) is 13.3 Å². The predicted molar refractivity (Wildman–Crippen MR) is 82.6 cm³/mol. The number of rotatable bonds is 4. The summed E-state index contributed by atoms with van der Waals surface area (Å²) in [6.07, 6.45) is 0.0744. The van der Waals surface area contributed by atoms with Crippen LogP contribution >= 0.6 is 15.9 Å². The van der Waals surface area contributed by atoms with Gasteiger partial charge >= 0.3 is 11.9 Å². The van der Waals surface area contributed by atoms with Gasteiger partial charge in [0.2, 0.25) is 5.91 Å². The Kier molecular flexibility index (Phi) is 5.18. The Morgan fingerprint density at radius 2 is 2.14 bits per heavy atom. The molecule has 1 heterocycles. The molecule has 1 atom stereocenters. The van der Waals surface area contributed by atoms with Crippen molar-refractivity contribution in [3.05, 3.63) is 28.2 Å². The lowest BCUT2D eigenvalue weighted by Gasteiger charge is -2.19. The second-order valence-electron chi connectivity index (χ2n) is 4.81. The minimum Gasteiger partial charge on any atom is -0.469 e. The summed E-state index contributed by atoms with van der Waals surface area (Å²) in [5, 5.41) is 0. The van der Waals surface area contributed by atoms with Crippen molar-refractivity contribution in [1.29, 1.82) is 0 Å². The number of amides is 1. The van der Waals surface area contributed by atoms with Gasteiger partial charge in [-0.2, -0.15) is 0 Å². The number of halogens is 1. The highest BCUT2D eigenvalue weighted by molar-refractivity contribution is 9.10. The Morgan fingerprint density at radius 3 is 2.77 bits per heavy atom. The molecule has 7 heteroatoms. The summed E-state index contributed by atoms with van der Waals surface area (Å²) in [6.45, 7) is 2.15. The summed E-state index contributed by atoms with van der Waals surface area (Å²) in [5.74, 6) is -1.67. The summed E-state index contributed by atoms with van der Waals surface area (Å²) in [6, 6.07) is 5.00. The van der Waals surface area contributed by atoms with Crippen molar-refractivity contribution in [3.63, 3.8) is 0 Å². The number of hydrogen-bond acceptors (Lipinski definition) is 5. The van der Waals surface area contributed by atoms with Crippen LogP contribution in [0.3, 0.4) is 0 Å². The van der Waals surface area contributed by atoms with E-state index in [0.29, 0.717) is 10.2 Å². The van der Waals surface area contributed by atoms with Gasteiger partial charge in [0.25, 0.3) is 0 Å². The van der Waals surface area contributed by atoms with Gasteiger partial charge in [-0.15, -0.1) is 0 Å². The van der Waals surface area contributed by atoms with E-state index in [1.807, 2.05) is 0 Å². The Balaban J connectivity index is 2.34. The first-order chi connectivity index (χ1) is 10.5. The number of carbonyl (C=O) groups excluding carboxylic acids is 3. The van der Waals surface area contributed by atoms with E-state index in [2.05, 4.69) is 20.7 Å². The molecule has 0 bridgehead atoms. The van der Waals surface area contributed by atoms with Gasteiger partial charge < -0.3 is 14.4 Å². The van der Waals surface area contributed by atoms with E-state index in [4.69, 9.17) is 4.74 Å². The van der Waals surface area contributed by atoms with Crippen LogP contribution in [0.25, 0.3) is 0 Å². The van der Waals surface area contributed by atoms with Crippen LogP contribution in [0.15, 0.2) is 22.7 Å². The van der Waals surface area contributed by atoms with Crippen LogP contribution in [-0.2, 0) is 19.1 Å². The molecule has 1 amide bonds. The van der Waals surface area contributed by atoms with Crippen molar-refractivity contribution in [2.24, 2.45) is 5.92 Å².